The molecule has 1 aromatic carbocycles. The highest BCUT2D eigenvalue weighted by Gasteiger charge is 2.12. The second-order valence-corrected chi connectivity index (χ2v) is 4.68. The first-order valence-corrected chi connectivity index (χ1v) is 6.18. The summed E-state index contributed by atoms with van der Waals surface area (Å²) >= 11 is 0. The SMILES string of the molecule is CCN(Cc1cccc(C(C)N(C)C)c1)C(=O)O. The van der Waals surface area contributed by atoms with Gasteiger partial charge in [-0.3, -0.25) is 0 Å². The molecule has 1 atom stereocenters. The maximum Gasteiger partial charge on any atom is 0.407 e. The molecule has 1 rings (SSSR count). The normalized spacial score (nSPS) is 12.5. The van der Waals surface area contributed by atoms with E-state index in [0.717, 1.165) is 5.56 Å². The lowest BCUT2D eigenvalue weighted by molar-refractivity contribution is 0.145. The molecule has 0 aliphatic rings. The van der Waals surface area contributed by atoms with E-state index in [2.05, 4.69) is 24.0 Å². The molecule has 0 radical (unpaired) electrons. The molecule has 0 aliphatic carbocycles. The zero-order valence-electron chi connectivity index (χ0n) is 11.6. The number of carboxylic acid groups (broad SMARTS) is 1. The Morgan fingerprint density at radius 1 is 1.39 bits per heavy atom. The predicted molar refractivity (Wildman–Crippen MR) is 72.7 cm³/mol. The van der Waals surface area contributed by atoms with E-state index in [9.17, 15) is 4.79 Å². The number of rotatable bonds is 5. The Morgan fingerprint density at radius 3 is 2.56 bits per heavy atom. The van der Waals surface area contributed by atoms with Crippen LogP contribution in [0.4, 0.5) is 4.79 Å². The lowest BCUT2D eigenvalue weighted by Crippen LogP contribution is -2.28. The topological polar surface area (TPSA) is 43.8 Å². The van der Waals surface area contributed by atoms with Crippen molar-refractivity contribution in [2.24, 2.45) is 0 Å². The Hall–Kier alpha value is -1.55. The van der Waals surface area contributed by atoms with Crippen molar-refractivity contribution in [2.75, 3.05) is 20.6 Å². The Morgan fingerprint density at radius 2 is 2.06 bits per heavy atom. The maximum absolute atomic E-state index is 11.0. The predicted octanol–water partition coefficient (Wildman–Crippen LogP) is 2.81. The van der Waals surface area contributed by atoms with Crippen LogP contribution in [-0.4, -0.2) is 41.6 Å². The van der Waals surface area contributed by atoms with E-state index in [-0.39, 0.29) is 0 Å². The monoisotopic (exact) mass is 250 g/mol. The minimum absolute atomic E-state index is 0.324. The van der Waals surface area contributed by atoms with Gasteiger partial charge in [-0.25, -0.2) is 4.79 Å². The van der Waals surface area contributed by atoms with Gasteiger partial charge in [-0.1, -0.05) is 24.3 Å². The van der Waals surface area contributed by atoms with Crippen LogP contribution in [0.2, 0.25) is 0 Å². The summed E-state index contributed by atoms with van der Waals surface area (Å²) in [7, 11) is 4.07. The van der Waals surface area contributed by atoms with Gasteiger partial charge in [-0.2, -0.15) is 0 Å². The molecule has 1 aromatic rings. The highest BCUT2D eigenvalue weighted by atomic mass is 16.4. The first-order valence-electron chi connectivity index (χ1n) is 6.18. The van der Waals surface area contributed by atoms with Gasteiger partial charge in [0.25, 0.3) is 0 Å². The molecule has 0 spiro atoms. The number of amides is 1. The van der Waals surface area contributed by atoms with E-state index in [1.807, 2.05) is 33.2 Å². The van der Waals surface area contributed by atoms with Gasteiger partial charge in [0, 0.05) is 19.1 Å². The lowest BCUT2D eigenvalue weighted by Gasteiger charge is -2.22. The van der Waals surface area contributed by atoms with Crippen molar-refractivity contribution < 1.29 is 9.90 Å². The number of benzene rings is 1. The minimum Gasteiger partial charge on any atom is -0.465 e. The van der Waals surface area contributed by atoms with Crippen molar-refractivity contribution in [3.63, 3.8) is 0 Å². The molecule has 18 heavy (non-hydrogen) atoms. The van der Waals surface area contributed by atoms with Crippen molar-refractivity contribution in [3.05, 3.63) is 35.4 Å². The highest BCUT2D eigenvalue weighted by molar-refractivity contribution is 5.64. The van der Waals surface area contributed by atoms with E-state index < -0.39 is 6.09 Å². The number of nitrogens with zero attached hydrogens (tertiary/aromatic N) is 2. The summed E-state index contributed by atoms with van der Waals surface area (Å²) in [6, 6.07) is 8.43. The van der Waals surface area contributed by atoms with Crippen LogP contribution in [-0.2, 0) is 6.54 Å². The summed E-state index contributed by atoms with van der Waals surface area (Å²) in [4.78, 5) is 14.5. The zero-order chi connectivity index (χ0) is 13.7. The van der Waals surface area contributed by atoms with Crippen molar-refractivity contribution >= 4 is 6.09 Å². The molecule has 100 valence electrons. The molecule has 0 aliphatic heterocycles. The summed E-state index contributed by atoms with van der Waals surface area (Å²) < 4.78 is 0. The van der Waals surface area contributed by atoms with E-state index >= 15 is 0 Å². The van der Waals surface area contributed by atoms with Crippen molar-refractivity contribution in [1.82, 2.24) is 9.80 Å². The third kappa shape index (κ3) is 3.74. The van der Waals surface area contributed by atoms with Crippen molar-refractivity contribution in [2.45, 2.75) is 26.4 Å². The molecule has 0 fully saturated rings. The third-order valence-electron chi connectivity index (χ3n) is 3.23. The van der Waals surface area contributed by atoms with Crippen LogP contribution in [0.5, 0.6) is 0 Å². The molecular formula is C14H22N2O2. The van der Waals surface area contributed by atoms with Gasteiger partial charge in [0.2, 0.25) is 0 Å². The minimum atomic E-state index is -0.872. The zero-order valence-corrected chi connectivity index (χ0v) is 11.6. The van der Waals surface area contributed by atoms with Gasteiger partial charge in [-0.15, -0.1) is 0 Å². The smallest absolute Gasteiger partial charge is 0.407 e. The summed E-state index contributed by atoms with van der Waals surface area (Å²) in [6.07, 6.45) is -0.872. The largest absolute Gasteiger partial charge is 0.465 e. The Labute approximate surface area is 109 Å². The van der Waals surface area contributed by atoms with Crippen LogP contribution < -0.4 is 0 Å². The van der Waals surface area contributed by atoms with Crippen molar-refractivity contribution in [1.29, 1.82) is 0 Å². The van der Waals surface area contributed by atoms with E-state index in [0.29, 0.717) is 19.1 Å². The van der Waals surface area contributed by atoms with Gasteiger partial charge in [0.15, 0.2) is 0 Å². The average Bonchev–Trinajstić information content (AvgIpc) is 2.34. The quantitative estimate of drug-likeness (QED) is 0.874. The van der Waals surface area contributed by atoms with Gasteiger partial charge >= 0.3 is 6.09 Å². The standard InChI is InChI=1S/C14H22N2O2/c1-5-16(14(17)18)10-12-7-6-8-13(9-12)11(2)15(3)4/h6-9,11H,5,10H2,1-4H3,(H,17,18). The molecule has 4 nitrogen and oxygen atoms in total. The summed E-state index contributed by atoms with van der Waals surface area (Å²) in [5.41, 5.74) is 2.24. The second kappa shape index (κ2) is 6.40. The number of hydrogen-bond acceptors (Lipinski definition) is 2. The van der Waals surface area contributed by atoms with E-state index in [4.69, 9.17) is 5.11 Å². The second-order valence-electron chi connectivity index (χ2n) is 4.68. The molecule has 0 aromatic heterocycles. The van der Waals surface area contributed by atoms with Crippen LogP contribution >= 0.6 is 0 Å². The van der Waals surface area contributed by atoms with Gasteiger partial charge in [0.1, 0.15) is 0 Å². The van der Waals surface area contributed by atoms with Crippen LogP contribution in [0.15, 0.2) is 24.3 Å². The van der Waals surface area contributed by atoms with Crippen LogP contribution in [0, 0.1) is 0 Å². The molecule has 1 amide bonds. The van der Waals surface area contributed by atoms with Crippen LogP contribution in [0.3, 0.4) is 0 Å². The molecule has 0 heterocycles. The van der Waals surface area contributed by atoms with E-state index in [1.54, 1.807) is 0 Å². The molecule has 1 unspecified atom stereocenters. The maximum atomic E-state index is 11.0. The van der Waals surface area contributed by atoms with E-state index in [1.165, 1.54) is 10.5 Å². The average molecular weight is 250 g/mol. The van der Waals surface area contributed by atoms with Gasteiger partial charge < -0.3 is 14.9 Å². The van der Waals surface area contributed by atoms with Crippen LogP contribution in [0.25, 0.3) is 0 Å². The molecule has 0 bridgehead atoms. The Kier molecular flexibility index (Phi) is 5.16. The van der Waals surface area contributed by atoms with Gasteiger partial charge in [0.05, 0.1) is 0 Å². The molecule has 1 N–H and O–H groups in total. The lowest BCUT2D eigenvalue weighted by atomic mass is 10.0. The molecular weight excluding hydrogens is 228 g/mol. The van der Waals surface area contributed by atoms with Crippen molar-refractivity contribution in [3.8, 4) is 0 Å². The fraction of sp³-hybridized carbons (Fsp3) is 0.500. The first kappa shape index (κ1) is 14.5. The fourth-order valence-corrected chi connectivity index (χ4v) is 1.78. The Balaban J connectivity index is 2.85. The number of hydrogen-bond donors (Lipinski definition) is 1. The Bertz CT molecular complexity index is 405. The highest BCUT2D eigenvalue weighted by Crippen LogP contribution is 2.19. The number of carbonyl (C=O) groups is 1. The molecule has 0 saturated carbocycles. The molecule has 4 heteroatoms. The van der Waals surface area contributed by atoms with Crippen LogP contribution in [0.1, 0.15) is 31.0 Å². The summed E-state index contributed by atoms with van der Waals surface area (Å²) in [6.45, 7) is 4.93. The first-order chi connectivity index (χ1) is 8.45. The third-order valence-corrected chi connectivity index (χ3v) is 3.23. The fourth-order valence-electron chi connectivity index (χ4n) is 1.78. The molecule has 0 saturated heterocycles. The summed E-state index contributed by atoms with van der Waals surface area (Å²) in [5, 5.41) is 9.02. The van der Waals surface area contributed by atoms with Gasteiger partial charge in [-0.05, 0) is 39.1 Å². The summed E-state index contributed by atoms with van der Waals surface area (Å²) in [5.74, 6) is 0.